The van der Waals surface area contributed by atoms with Crippen molar-refractivity contribution in [3.05, 3.63) is 168 Å². The number of nitrogens with zero attached hydrogens (tertiary/aromatic N) is 1. The van der Waals surface area contributed by atoms with Crippen LogP contribution in [-0.4, -0.2) is 11.3 Å². The van der Waals surface area contributed by atoms with Gasteiger partial charge in [0, 0.05) is 33.3 Å². The molecule has 0 amide bonds. The van der Waals surface area contributed by atoms with Crippen molar-refractivity contribution in [1.82, 2.24) is 4.48 Å². The normalized spacial score (nSPS) is 15.0. The van der Waals surface area contributed by atoms with E-state index in [2.05, 4.69) is 156 Å². The van der Waals surface area contributed by atoms with E-state index in [1.165, 1.54) is 104 Å². The highest BCUT2D eigenvalue weighted by Gasteiger charge is 2.47. The number of benzene rings is 8. The average molecular weight is 592 g/mol. The van der Waals surface area contributed by atoms with E-state index in [1.807, 2.05) is 0 Å². The van der Waals surface area contributed by atoms with Gasteiger partial charge in [-0.2, -0.15) is 0 Å². The van der Waals surface area contributed by atoms with Crippen molar-refractivity contribution in [2.24, 2.45) is 0 Å². The third kappa shape index (κ3) is 2.89. The molecule has 0 saturated carbocycles. The lowest BCUT2D eigenvalue weighted by Crippen LogP contribution is -2.57. The predicted octanol–water partition coefficient (Wildman–Crippen LogP) is 9.88. The minimum absolute atomic E-state index is 0.0808. The molecule has 2 heteroatoms. The summed E-state index contributed by atoms with van der Waals surface area (Å²) in [7, 11) is 0. The van der Waals surface area contributed by atoms with E-state index in [9.17, 15) is 0 Å². The molecule has 0 fully saturated rings. The van der Waals surface area contributed by atoms with Crippen molar-refractivity contribution < 1.29 is 0 Å². The van der Waals surface area contributed by atoms with Gasteiger partial charge in [0.15, 0.2) is 0 Å². The molecule has 0 saturated heterocycles. The number of hydrogen-bond donors (Lipinski definition) is 0. The van der Waals surface area contributed by atoms with E-state index < -0.39 is 0 Å². The van der Waals surface area contributed by atoms with E-state index in [0.717, 1.165) is 0 Å². The van der Waals surface area contributed by atoms with E-state index >= 15 is 0 Å². The number of rotatable bonds is 1. The molecule has 1 aromatic heterocycles. The predicted molar refractivity (Wildman–Crippen MR) is 199 cm³/mol. The number of fused-ring (bicyclic) bond motifs is 14. The Bertz CT molecular complexity index is 2860. The van der Waals surface area contributed by atoms with Gasteiger partial charge in [-0.15, -0.1) is 0 Å². The molecule has 12 rings (SSSR count). The van der Waals surface area contributed by atoms with Crippen LogP contribution in [0, 0.1) is 0 Å². The Balaban J connectivity index is 1.33. The smallest absolute Gasteiger partial charge is 0.329 e. The van der Waals surface area contributed by atoms with Crippen molar-refractivity contribution in [2.75, 3.05) is 0 Å². The first-order valence-electron chi connectivity index (χ1n) is 16.7. The van der Waals surface area contributed by atoms with Crippen LogP contribution in [0.3, 0.4) is 0 Å². The van der Waals surface area contributed by atoms with Gasteiger partial charge < -0.3 is 4.48 Å². The summed E-state index contributed by atoms with van der Waals surface area (Å²) in [5.41, 5.74) is 18.1. The third-order valence-electron chi connectivity index (χ3n) is 11.4. The van der Waals surface area contributed by atoms with Crippen molar-refractivity contribution in [3.8, 4) is 33.4 Å². The molecule has 8 aromatic carbocycles. The molecule has 47 heavy (non-hydrogen) atoms. The Morgan fingerprint density at radius 3 is 2.06 bits per heavy atom. The van der Waals surface area contributed by atoms with Crippen LogP contribution in [0.1, 0.15) is 22.6 Å². The minimum atomic E-state index is 0.0808. The Morgan fingerprint density at radius 2 is 1.19 bits per heavy atom. The average Bonchev–Trinajstić information content (AvgIpc) is 3.67. The van der Waals surface area contributed by atoms with Crippen LogP contribution in [-0.2, 0) is 0 Å². The molecule has 0 N–H and O–H groups in total. The SMILES string of the molecule is c1ccc(-c2cc3c4c(c2)C2c5ccc6ccccc6c5-c5c2c(cc2ccccc52)B4n2c4ccccc4c4cccc-3c42)cc1. The molecule has 214 valence electrons. The quantitative estimate of drug-likeness (QED) is 0.168. The summed E-state index contributed by atoms with van der Waals surface area (Å²) < 4.78 is 2.69. The minimum Gasteiger partial charge on any atom is -0.375 e. The lowest BCUT2D eigenvalue weighted by atomic mass is 9.41. The lowest BCUT2D eigenvalue weighted by Gasteiger charge is -2.37. The maximum absolute atomic E-state index is 2.69. The summed E-state index contributed by atoms with van der Waals surface area (Å²) in [4.78, 5) is 0. The van der Waals surface area contributed by atoms with Crippen molar-refractivity contribution in [3.63, 3.8) is 0 Å². The second-order valence-electron chi connectivity index (χ2n) is 13.5. The number of para-hydroxylation sites is 2. The Morgan fingerprint density at radius 1 is 0.468 bits per heavy atom. The van der Waals surface area contributed by atoms with Gasteiger partial charge in [0.25, 0.3) is 0 Å². The third-order valence-corrected chi connectivity index (χ3v) is 11.4. The van der Waals surface area contributed by atoms with Crippen LogP contribution in [0.15, 0.2) is 152 Å². The monoisotopic (exact) mass is 591 g/mol. The molecule has 1 aliphatic carbocycles. The largest absolute Gasteiger partial charge is 0.375 e. The first kappa shape index (κ1) is 24.4. The van der Waals surface area contributed by atoms with Crippen molar-refractivity contribution in [1.29, 1.82) is 0 Å². The summed E-state index contributed by atoms with van der Waals surface area (Å²) in [6.45, 7) is 0.0808. The molecule has 0 bridgehead atoms. The van der Waals surface area contributed by atoms with Gasteiger partial charge >= 0.3 is 6.85 Å². The zero-order chi connectivity index (χ0) is 30.4. The fraction of sp³-hybridized carbons (Fsp3) is 0.0222. The van der Waals surface area contributed by atoms with Gasteiger partial charge in [0.1, 0.15) is 0 Å². The number of aromatic nitrogens is 1. The van der Waals surface area contributed by atoms with Crippen LogP contribution < -0.4 is 10.9 Å². The highest BCUT2D eigenvalue weighted by molar-refractivity contribution is 6.88. The fourth-order valence-electron chi connectivity index (χ4n) is 9.68. The highest BCUT2D eigenvalue weighted by atomic mass is 14.9. The van der Waals surface area contributed by atoms with E-state index in [-0.39, 0.29) is 12.8 Å². The summed E-state index contributed by atoms with van der Waals surface area (Å²) in [5, 5.41) is 7.99. The lowest BCUT2D eigenvalue weighted by molar-refractivity contribution is 1.02. The summed E-state index contributed by atoms with van der Waals surface area (Å²) in [6, 6.07) is 57.3. The maximum atomic E-state index is 2.69. The second-order valence-corrected chi connectivity index (χ2v) is 13.5. The van der Waals surface area contributed by atoms with Crippen LogP contribution >= 0.6 is 0 Å². The van der Waals surface area contributed by atoms with Gasteiger partial charge in [-0.3, -0.25) is 0 Å². The first-order chi connectivity index (χ1) is 23.3. The fourth-order valence-corrected chi connectivity index (χ4v) is 9.68. The molecule has 1 nitrogen and oxygen atoms in total. The first-order valence-corrected chi connectivity index (χ1v) is 16.7. The number of hydrogen-bond acceptors (Lipinski definition) is 0. The Kier molecular flexibility index (Phi) is 4.40. The Hall–Kier alpha value is -5.86. The van der Waals surface area contributed by atoms with Crippen LogP contribution in [0.5, 0.6) is 0 Å². The Labute approximate surface area is 272 Å². The molecule has 0 radical (unpaired) electrons. The van der Waals surface area contributed by atoms with Gasteiger partial charge in [-0.1, -0.05) is 140 Å². The highest BCUT2D eigenvalue weighted by Crippen LogP contribution is 2.55. The molecule has 3 heterocycles. The molecule has 9 aromatic rings. The van der Waals surface area contributed by atoms with Gasteiger partial charge in [-0.05, 0) is 89.1 Å². The molecule has 0 spiro atoms. The molecular formula is C45H26BN. The van der Waals surface area contributed by atoms with Gasteiger partial charge in [0.2, 0.25) is 0 Å². The standard InChI is InChI=1S/C45H26BN/c1-2-11-26(12-3-1)29-23-36-34-19-10-18-33-32-17-8-9-20-39(32)47(45(33)34)46-38-25-28-14-5-7-16-31(28)42-40-30-15-6-4-13-27(30)21-22-35(40)41(43(38)42)37(24-29)44(36)46/h1-25,41H. The summed E-state index contributed by atoms with van der Waals surface area (Å²) in [6.07, 6.45) is 0. The molecule has 1 unspecified atom stereocenters. The molecule has 3 aliphatic rings. The van der Waals surface area contributed by atoms with Crippen molar-refractivity contribution in [2.45, 2.75) is 5.92 Å². The van der Waals surface area contributed by atoms with Crippen LogP contribution in [0.2, 0.25) is 0 Å². The zero-order valence-electron chi connectivity index (χ0n) is 25.5. The second kappa shape index (κ2) is 8.49. The van der Waals surface area contributed by atoms with Gasteiger partial charge in [-0.25, -0.2) is 0 Å². The van der Waals surface area contributed by atoms with E-state index in [4.69, 9.17) is 0 Å². The van der Waals surface area contributed by atoms with Crippen LogP contribution in [0.25, 0.3) is 76.7 Å². The molecule has 1 atom stereocenters. The molecule has 2 aliphatic heterocycles. The summed E-state index contributed by atoms with van der Waals surface area (Å²) in [5.74, 6) is 0.167. The topological polar surface area (TPSA) is 4.93 Å². The van der Waals surface area contributed by atoms with Crippen LogP contribution in [0.4, 0.5) is 0 Å². The summed E-state index contributed by atoms with van der Waals surface area (Å²) >= 11 is 0. The van der Waals surface area contributed by atoms with Gasteiger partial charge in [0.05, 0.1) is 0 Å². The molecular weight excluding hydrogens is 565 g/mol. The van der Waals surface area contributed by atoms with Crippen molar-refractivity contribution >= 4 is 61.1 Å². The van der Waals surface area contributed by atoms with E-state index in [1.54, 1.807) is 0 Å². The maximum Gasteiger partial charge on any atom is 0.329 e. The van der Waals surface area contributed by atoms with E-state index in [0.29, 0.717) is 0 Å². The zero-order valence-corrected chi connectivity index (χ0v) is 25.5.